The molecule has 0 unspecified atom stereocenters. The second kappa shape index (κ2) is 4.44. The van der Waals surface area contributed by atoms with E-state index in [1.807, 2.05) is 0 Å². The summed E-state index contributed by atoms with van der Waals surface area (Å²) in [7, 11) is 0. The number of halogens is 3. The Morgan fingerprint density at radius 1 is 1.27 bits per heavy atom. The van der Waals surface area contributed by atoms with E-state index < -0.39 is 5.56 Å². The fourth-order valence-corrected chi connectivity index (χ4v) is 0.954. The Hall–Kier alpha value is 0.417. The standard InChI is InChI=1S/C5H2Cl3NO.Li.H/c6-2-1-9-5(10)4(8)3(2)7;;/h1H,(H,9,10);;/q;+1;-1. The predicted molar refractivity (Wildman–Crippen MR) is 43.2 cm³/mol. The van der Waals surface area contributed by atoms with Crippen molar-refractivity contribution in [1.29, 1.82) is 0 Å². The van der Waals surface area contributed by atoms with Crippen LogP contribution in [-0.2, 0) is 0 Å². The van der Waals surface area contributed by atoms with Gasteiger partial charge in [0.2, 0.25) is 0 Å². The summed E-state index contributed by atoms with van der Waals surface area (Å²) in [5.74, 6) is 0. The van der Waals surface area contributed by atoms with Gasteiger partial charge in [0.1, 0.15) is 5.02 Å². The molecule has 56 valence electrons. The Bertz CT molecular complexity index is 316. The van der Waals surface area contributed by atoms with Crippen LogP contribution in [0.2, 0.25) is 15.1 Å². The molecule has 1 heterocycles. The SMILES string of the molecule is O=c1[nH]cc(Cl)c(Cl)c1Cl.[H-].[Li+]. The molecule has 0 radical (unpaired) electrons. The number of pyridine rings is 1. The number of rotatable bonds is 0. The van der Waals surface area contributed by atoms with Crippen LogP contribution in [0.4, 0.5) is 0 Å². The molecule has 0 saturated heterocycles. The third-order valence-electron chi connectivity index (χ3n) is 0.932. The zero-order valence-corrected chi connectivity index (χ0v) is 7.89. The maximum Gasteiger partial charge on any atom is 1.00 e. The third kappa shape index (κ3) is 2.43. The average molecular weight is 206 g/mol. The van der Waals surface area contributed by atoms with Crippen molar-refractivity contribution in [3.8, 4) is 0 Å². The zero-order chi connectivity index (χ0) is 7.72. The molecule has 1 aromatic rings. The van der Waals surface area contributed by atoms with Crippen LogP contribution < -0.4 is 24.4 Å². The molecule has 2 nitrogen and oxygen atoms in total. The second-order valence-corrected chi connectivity index (χ2v) is 2.76. The molecule has 0 aromatic carbocycles. The minimum Gasteiger partial charge on any atom is -1.00 e. The van der Waals surface area contributed by atoms with Crippen molar-refractivity contribution in [2.45, 2.75) is 0 Å². The van der Waals surface area contributed by atoms with Crippen LogP contribution in [0.25, 0.3) is 0 Å². The van der Waals surface area contributed by atoms with Crippen molar-refractivity contribution in [3.05, 3.63) is 31.6 Å². The molecule has 0 atom stereocenters. The number of hydrogen-bond acceptors (Lipinski definition) is 1. The van der Waals surface area contributed by atoms with Gasteiger partial charge in [0.25, 0.3) is 5.56 Å². The Kier molecular flexibility index (Phi) is 4.61. The first kappa shape index (κ1) is 11.4. The molecule has 11 heavy (non-hydrogen) atoms. The van der Waals surface area contributed by atoms with Crippen molar-refractivity contribution in [2.24, 2.45) is 0 Å². The van der Waals surface area contributed by atoms with Gasteiger partial charge in [-0.15, -0.1) is 0 Å². The number of hydrogen-bond donors (Lipinski definition) is 1. The summed E-state index contributed by atoms with van der Waals surface area (Å²) in [5.41, 5.74) is -0.434. The molecule has 1 rings (SSSR count). The molecule has 0 aliphatic rings. The number of aromatic amines is 1. The maximum atomic E-state index is 10.7. The van der Waals surface area contributed by atoms with E-state index in [4.69, 9.17) is 34.8 Å². The topological polar surface area (TPSA) is 32.9 Å². The molecular formula is C5H3Cl3LiNO. The first-order chi connectivity index (χ1) is 4.63. The smallest absolute Gasteiger partial charge is 1.00 e. The van der Waals surface area contributed by atoms with Crippen LogP contribution in [0.5, 0.6) is 0 Å². The van der Waals surface area contributed by atoms with Crippen molar-refractivity contribution < 1.29 is 20.3 Å². The maximum absolute atomic E-state index is 10.7. The van der Waals surface area contributed by atoms with Crippen molar-refractivity contribution >= 4 is 34.8 Å². The Labute approximate surface area is 91.5 Å². The molecule has 0 saturated carbocycles. The Balaban J connectivity index is 0. The van der Waals surface area contributed by atoms with E-state index in [9.17, 15) is 4.79 Å². The summed E-state index contributed by atoms with van der Waals surface area (Å²) < 4.78 is 0. The van der Waals surface area contributed by atoms with Gasteiger partial charge in [-0.3, -0.25) is 4.79 Å². The molecule has 0 aliphatic carbocycles. The van der Waals surface area contributed by atoms with Gasteiger partial charge in [-0.2, -0.15) is 0 Å². The van der Waals surface area contributed by atoms with Crippen LogP contribution in [0, 0.1) is 0 Å². The van der Waals surface area contributed by atoms with Gasteiger partial charge in [-0.25, -0.2) is 0 Å². The molecule has 0 spiro atoms. The van der Waals surface area contributed by atoms with Gasteiger partial charge in [0.15, 0.2) is 0 Å². The van der Waals surface area contributed by atoms with E-state index in [-0.39, 0.29) is 35.4 Å². The zero-order valence-electron chi connectivity index (χ0n) is 6.62. The van der Waals surface area contributed by atoms with Crippen LogP contribution in [0.1, 0.15) is 1.43 Å². The van der Waals surface area contributed by atoms with Gasteiger partial charge in [-0.05, 0) is 0 Å². The van der Waals surface area contributed by atoms with Crippen LogP contribution in [-0.4, -0.2) is 4.98 Å². The third-order valence-corrected chi connectivity index (χ3v) is 2.18. The summed E-state index contributed by atoms with van der Waals surface area (Å²) in [6, 6.07) is 0. The molecule has 0 bridgehead atoms. The van der Waals surface area contributed by atoms with Crippen LogP contribution >= 0.6 is 34.8 Å². The van der Waals surface area contributed by atoms with Gasteiger partial charge in [-0.1, -0.05) is 34.8 Å². The van der Waals surface area contributed by atoms with Crippen molar-refractivity contribution in [3.63, 3.8) is 0 Å². The molecule has 0 amide bonds. The summed E-state index contributed by atoms with van der Waals surface area (Å²) in [6.07, 6.45) is 1.29. The minimum atomic E-state index is -0.434. The van der Waals surface area contributed by atoms with Gasteiger partial charge >= 0.3 is 18.9 Å². The molecule has 1 aromatic heterocycles. The van der Waals surface area contributed by atoms with Crippen LogP contribution in [0.3, 0.4) is 0 Å². The van der Waals surface area contributed by atoms with Gasteiger partial charge in [0, 0.05) is 6.20 Å². The van der Waals surface area contributed by atoms with Gasteiger partial charge in [0.05, 0.1) is 10.0 Å². The summed E-state index contributed by atoms with van der Waals surface area (Å²) >= 11 is 16.4. The minimum absolute atomic E-state index is 0. The van der Waals surface area contributed by atoms with E-state index in [0.29, 0.717) is 0 Å². The second-order valence-electron chi connectivity index (χ2n) is 1.59. The fourth-order valence-electron chi connectivity index (χ4n) is 0.460. The molecule has 0 fully saturated rings. The Morgan fingerprint density at radius 2 is 1.82 bits per heavy atom. The van der Waals surface area contributed by atoms with Crippen molar-refractivity contribution in [2.75, 3.05) is 0 Å². The fraction of sp³-hybridized carbons (Fsp3) is 0. The average Bonchev–Trinajstić information content (AvgIpc) is 1.93. The normalized spacial score (nSPS) is 9.00. The predicted octanol–water partition coefficient (Wildman–Crippen LogP) is -0.548. The number of aromatic nitrogens is 1. The quantitative estimate of drug-likeness (QED) is 0.568. The van der Waals surface area contributed by atoms with E-state index in [0.717, 1.165) is 0 Å². The summed E-state index contributed by atoms with van der Waals surface area (Å²) in [4.78, 5) is 13.0. The summed E-state index contributed by atoms with van der Waals surface area (Å²) in [5, 5.41) is 0.257. The molecular weight excluding hydrogens is 203 g/mol. The van der Waals surface area contributed by atoms with Crippen molar-refractivity contribution in [1.82, 2.24) is 4.98 Å². The number of H-pyrrole nitrogens is 1. The Morgan fingerprint density at radius 3 is 2.27 bits per heavy atom. The van der Waals surface area contributed by atoms with Crippen LogP contribution in [0.15, 0.2) is 11.0 Å². The molecule has 1 N–H and O–H groups in total. The van der Waals surface area contributed by atoms with E-state index in [1.54, 1.807) is 0 Å². The van der Waals surface area contributed by atoms with E-state index in [1.165, 1.54) is 6.20 Å². The van der Waals surface area contributed by atoms with E-state index >= 15 is 0 Å². The summed E-state index contributed by atoms with van der Waals surface area (Å²) in [6.45, 7) is 0. The first-order valence-corrected chi connectivity index (χ1v) is 3.48. The van der Waals surface area contributed by atoms with E-state index in [2.05, 4.69) is 4.98 Å². The number of nitrogens with one attached hydrogen (secondary N) is 1. The van der Waals surface area contributed by atoms with Gasteiger partial charge < -0.3 is 6.41 Å². The molecule has 0 aliphatic heterocycles. The molecule has 6 heteroatoms. The largest absolute Gasteiger partial charge is 1.00 e. The first-order valence-electron chi connectivity index (χ1n) is 2.35. The monoisotopic (exact) mass is 205 g/mol.